The number of rotatable bonds is 6. The molecule has 0 aromatic carbocycles. The number of unbranched alkanes of at least 4 members (excludes halogenated alkanes) is 3. The number of hydrogen-bond donors (Lipinski definition) is 1. The summed E-state index contributed by atoms with van der Waals surface area (Å²) < 4.78 is 0. The van der Waals surface area contributed by atoms with Crippen molar-refractivity contribution >= 4 is 0 Å². The van der Waals surface area contributed by atoms with Crippen molar-refractivity contribution in [2.75, 3.05) is 6.61 Å². The normalized spacial score (nSPS) is 12.1. The Hall–Kier alpha value is -0.300. The molecule has 0 fully saturated rings. The SMILES string of the molecule is CCCCCCC(C)=CCO. The quantitative estimate of drug-likeness (QED) is 0.463. The molecule has 0 radical (unpaired) electrons. The van der Waals surface area contributed by atoms with Crippen LogP contribution < -0.4 is 0 Å². The van der Waals surface area contributed by atoms with Crippen LogP contribution in [0.4, 0.5) is 0 Å². The molecule has 0 spiro atoms. The van der Waals surface area contributed by atoms with Gasteiger partial charge in [-0.15, -0.1) is 0 Å². The Bertz CT molecular complexity index is 105. The molecule has 0 aliphatic carbocycles. The Morgan fingerprint density at radius 1 is 1.27 bits per heavy atom. The maximum Gasteiger partial charge on any atom is 0.0614 e. The van der Waals surface area contributed by atoms with Crippen molar-refractivity contribution in [3.63, 3.8) is 0 Å². The lowest BCUT2D eigenvalue weighted by molar-refractivity contribution is 0.341. The van der Waals surface area contributed by atoms with Crippen molar-refractivity contribution in [2.24, 2.45) is 0 Å². The maximum atomic E-state index is 8.56. The molecule has 0 aromatic rings. The van der Waals surface area contributed by atoms with E-state index in [0.717, 1.165) is 6.42 Å². The van der Waals surface area contributed by atoms with Gasteiger partial charge in [-0.25, -0.2) is 0 Å². The van der Waals surface area contributed by atoms with Gasteiger partial charge in [0, 0.05) is 0 Å². The summed E-state index contributed by atoms with van der Waals surface area (Å²) in [6.07, 6.45) is 8.28. The average molecular weight is 156 g/mol. The van der Waals surface area contributed by atoms with Crippen LogP contribution in [-0.4, -0.2) is 11.7 Å². The van der Waals surface area contributed by atoms with Gasteiger partial charge >= 0.3 is 0 Å². The zero-order valence-electron chi connectivity index (χ0n) is 7.77. The van der Waals surface area contributed by atoms with Gasteiger partial charge in [0.15, 0.2) is 0 Å². The molecule has 1 nitrogen and oxygen atoms in total. The molecule has 0 bridgehead atoms. The second-order valence-corrected chi connectivity index (χ2v) is 3.04. The van der Waals surface area contributed by atoms with Gasteiger partial charge in [0.05, 0.1) is 6.61 Å². The molecule has 0 unspecified atom stereocenters. The third-order valence-corrected chi connectivity index (χ3v) is 1.86. The molecule has 0 amide bonds. The molecule has 1 heteroatoms. The Kier molecular flexibility index (Phi) is 7.59. The van der Waals surface area contributed by atoms with E-state index in [0.29, 0.717) is 0 Å². The van der Waals surface area contributed by atoms with Crippen molar-refractivity contribution in [3.8, 4) is 0 Å². The Balaban J connectivity index is 3.17. The Morgan fingerprint density at radius 2 is 2.00 bits per heavy atom. The molecule has 11 heavy (non-hydrogen) atoms. The van der Waals surface area contributed by atoms with Crippen molar-refractivity contribution in [2.45, 2.75) is 46.0 Å². The zero-order valence-corrected chi connectivity index (χ0v) is 7.77. The third-order valence-electron chi connectivity index (χ3n) is 1.86. The van der Waals surface area contributed by atoms with Gasteiger partial charge in [-0.1, -0.05) is 37.8 Å². The van der Waals surface area contributed by atoms with Gasteiger partial charge in [-0.2, -0.15) is 0 Å². The second-order valence-electron chi connectivity index (χ2n) is 3.04. The fourth-order valence-corrected chi connectivity index (χ4v) is 1.09. The zero-order chi connectivity index (χ0) is 8.53. The molecule has 1 N–H and O–H groups in total. The van der Waals surface area contributed by atoms with Crippen LogP contribution in [0.3, 0.4) is 0 Å². The predicted octanol–water partition coefficient (Wildman–Crippen LogP) is 2.90. The van der Waals surface area contributed by atoms with E-state index in [1.54, 1.807) is 0 Å². The summed E-state index contributed by atoms with van der Waals surface area (Å²) in [4.78, 5) is 0. The molecule has 0 atom stereocenters. The number of allylic oxidation sites excluding steroid dienone is 1. The highest BCUT2D eigenvalue weighted by Crippen LogP contribution is 2.08. The Labute approximate surface area is 70.1 Å². The van der Waals surface area contributed by atoms with Gasteiger partial charge in [0.25, 0.3) is 0 Å². The number of aliphatic hydroxyl groups excluding tert-OH is 1. The van der Waals surface area contributed by atoms with Gasteiger partial charge < -0.3 is 5.11 Å². The molecular formula is C10H20O. The van der Waals surface area contributed by atoms with Crippen molar-refractivity contribution in [1.29, 1.82) is 0 Å². The summed E-state index contributed by atoms with van der Waals surface area (Å²) in [7, 11) is 0. The fourth-order valence-electron chi connectivity index (χ4n) is 1.09. The summed E-state index contributed by atoms with van der Waals surface area (Å²) in [5, 5.41) is 8.56. The molecule has 0 heterocycles. The molecular weight excluding hydrogens is 136 g/mol. The highest BCUT2D eigenvalue weighted by molar-refractivity contribution is 4.97. The van der Waals surface area contributed by atoms with E-state index in [1.165, 1.54) is 31.3 Å². The van der Waals surface area contributed by atoms with Crippen LogP contribution in [0.2, 0.25) is 0 Å². The first kappa shape index (κ1) is 10.7. The van der Waals surface area contributed by atoms with Crippen LogP contribution in [0.15, 0.2) is 11.6 Å². The molecule has 0 aliphatic heterocycles. The number of aliphatic hydroxyl groups is 1. The van der Waals surface area contributed by atoms with E-state index in [1.807, 2.05) is 6.08 Å². The lowest BCUT2D eigenvalue weighted by Gasteiger charge is -1.99. The van der Waals surface area contributed by atoms with E-state index in [9.17, 15) is 0 Å². The van der Waals surface area contributed by atoms with Crippen molar-refractivity contribution in [3.05, 3.63) is 11.6 Å². The van der Waals surface area contributed by atoms with E-state index in [2.05, 4.69) is 13.8 Å². The summed E-state index contributed by atoms with van der Waals surface area (Å²) in [6.45, 7) is 4.50. The van der Waals surface area contributed by atoms with Crippen LogP contribution in [0, 0.1) is 0 Å². The average Bonchev–Trinajstić information content (AvgIpc) is 1.99. The maximum absolute atomic E-state index is 8.56. The van der Waals surface area contributed by atoms with Gasteiger partial charge in [-0.05, 0) is 19.8 Å². The topological polar surface area (TPSA) is 20.2 Å². The summed E-state index contributed by atoms with van der Waals surface area (Å²) in [6, 6.07) is 0. The summed E-state index contributed by atoms with van der Waals surface area (Å²) >= 11 is 0. The minimum absolute atomic E-state index is 0.194. The van der Waals surface area contributed by atoms with E-state index in [-0.39, 0.29) is 6.61 Å². The summed E-state index contributed by atoms with van der Waals surface area (Å²) in [5.74, 6) is 0. The lowest BCUT2D eigenvalue weighted by Crippen LogP contribution is -1.82. The Morgan fingerprint density at radius 3 is 2.55 bits per heavy atom. The van der Waals surface area contributed by atoms with Crippen LogP contribution in [-0.2, 0) is 0 Å². The van der Waals surface area contributed by atoms with Gasteiger partial charge in [0.2, 0.25) is 0 Å². The largest absolute Gasteiger partial charge is 0.392 e. The lowest BCUT2D eigenvalue weighted by atomic mass is 10.1. The van der Waals surface area contributed by atoms with E-state index < -0.39 is 0 Å². The smallest absolute Gasteiger partial charge is 0.0614 e. The first-order valence-electron chi connectivity index (χ1n) is 4.57. The van der Waals surface area contributed by atoms with Crippen LogP contribution in [0.5, 0.6) is 0 Å². The minimum Gasteiger partial charge on any atom is -0.392 e. The highest BCUT2D eigenvalue weighted by Gasteiger charge is 1.89. The minimum atomic E-state index is 0.194. The van der Waals surface area contributed by atoms with E-state index >= 15 is 0 Å². The van der Waals surface area contributed by atoms with Crippen LogP contribution in [0.1, 0.15) is 46.0 Å². The first-order valence-corrected chi connectivity index (χ1v) is 4.57. The molecule has 0 saturated carbocycles. The molecule has 0 rings (SSSR count). The third kappa shape index (κ3) is 7.60. The first-order chi connectivity index (χ1) is 5.31. The van der Waals surface area contributed by atoms with Crippen molar-refractivity contribution < 1.29 is 5.11 Å². The summed E-state index contributed by atoms with van der Waals surface area (Å²) in [5.41, 5.74) is 1.32. The molecule has 66 valence electrons. The standard InChI is InChI=1S/C10H20O/c1-3-4-5-6-7-10(2)8-9-11/h8,11H,3-7,9H2,1-2H3. The fraction of sp³-hybridized carbons (Fsp3) is 0.800. The number of hydrogen-bond acceptors (Lipinski definition) is 1. The van der Waals surface area contributed by atoms with Crippen LogP contribution >= 0.6 is 0 Å². The van der Waals surface area contributed by atoms with Gasteiger partial charge in [-0.3, -0.25) is 0 Å². The van der Waals surface area contributed by atoms with Gasteiger partial charge in [0.1, 0.15) is 0 Å². The van der Waals surface area contributed by atoms with E-state index in [4.69, 9.17) is 5.11 Å². The van der Waals surface area contributed by atoms with Crippen molar-refractivity contribution in [1.82, 2.24) is 0 Å². The molecule has 0 saturated heterocycles. The highest BCUT2D eigenvalue weighted by atomic mass is 16.2. The predicted molar refractivity (Wildman–Crippen MR) is 49.6 cm³/mol. The van der Waals surface area contributed by atoms with Crippen LogP contribution in [0.25, 0.3) is 0 Å². The second kappa shape index (κ2) is 7.80. The molecule has 0 aliphatic rings. The monoisotopic (exact) mass is 156 g/mol. The molecule has 0 aromatic heterocycles.